The molecule has 0 bridgehead atoms. The molecule has 2 nitrogen and oxygen atoms in total. The first-order valence-electron chi connectivity index (χ1n) is 3.86. The van der Waals surface area contributed by atoms with E-state index in [-0.39, 0.29) is 12.7 Å². The van der Waals surface area contributed by atoms with Gasteiger partial charge < -0.3 is 9.84 Å². The molecule has 0 spiro atoms. The average molecular weight is 310 g/mol. The maximum atomic E-state index is 8.80. The lowest BCUT2D eigenvalue weighted by atomic mass is 10.3. The third kappa shape index (κ3) is 3.29. The molecule has 0 aliphatic carbocycles. The Morgan fingerprint density at radius 2 is 2.15 bits per heavy atom. The predicted molar refractivity (Wildman–Crippen MR) is 59.0 cm³/mol. The number of rotatable bonds is 3. The molecule has 0 fully saturated rings. The third-order valence-corrected chi connectivity index (χ3v) is 2.63. The van der Waals surface area contributed by atoms with Gasteiger partial charge in [-0.1, -0.05) is 15.9 Å². The molecule has 1 unspecified atom stereocenters. The maximum Gasteiger partial charge on any atom is 0.135 e. The molecule has 0 heterocycles. The smallest absolute Gasteiger partial charge is 0.135 e. The van der Waals surface area contributed by atoms with E-state index in [2.05, 4.69) is 31.9 Å². The zero-order chi connectivity index (χ0) is 9.84. The second kappa shape index (κ2) is 4.98. The van der Waals surface area contributed by atoms with Crippen molar-refractivity contribution >= 4 is 31.9 Å². The van der Waals surface area contributed by atoms with Gasteiger partial charge >= 0.3 is 0 Å². The first kappa shape index (κ1) is 11.0. The average Bonchev–Trinajstić information content (AvgIpc) is 2.11. The van der Waals surface area contributed by atoms with E-state index in [0.717, 1.165) is 14.7 Å². The Kier molecular flexibility index (Phi) is 4.22. The highest BCUT2D eigenvalue weighted by Crippen LogP contribution is 2.28. The highest BCUT2D eigenvalue weighted by Gasteiger charge is 2.05. The van der Waals surface area contributed by atoms with E-state index in [1.807, 2.05) is 25.1 Å². The van der Waals surface area contributed by atoms with E-state index in [1.165, 1.54) is 0 Å². The molecule has 1 N–H and O–H groups in total. The second-order valence-corrected chi connectivity index (χ2v) is 4.46. The first-order chi connectivity index (χ1) is 6.13. The Labute approximate surface area is 94.2 Å². The van der Waals surface area contributed by atoms with Crippen LogP contribution in [0.3, 0.4) is 0 Å². The van der Waals surface area contributed by atoms with Gasteiger partial charge in [-0.15, -0.1) is 0 Å². The summed E-state index contributed by atoms with van der Waals surface area (Å²) in [5, 5.41) is 8.80. The number of hydrogen-bond donors (Lipinski definition) is 1. The number of aliphatic hydroxyl groups is 1. The molecule has 72 valence electrons. The fourth-order valence-corrected chi connectivity index (χ4v) is 1.50. The van der Waals surface area contributed by atoms with Gasteiger partial charge in [0, 0.05) is 4.47 Å². The minimum absolute atomic E-state index is 0.0129. The third-order valence-electron chi connectivity index (χ3n) is 1.48. The van der Waals surface area contributed by atoms with E-state index < -0.39 is 0 Å². The van der Waals surface area contributed by atoms with Crippen LogP contribution in [0.1, 0.15) is 6.92 Å². The zero-order valence-electron chi connectivity index (χ0n) is 7.13. The Bertz CT molecular complexity index is 289. The minimum atomic E-state index is -0.189. The second-order valence-electron chi connectivity index (χ2n) is 2.69. The summed E-state index contributed by atoms with van der Waals surface area (Å²) in [5.41, 5.74) is 0. The van der Waals surface area contributed by atoms with Crippen LogP contribution < -0.4 is 4.74 Å². The van der Waals surface area contributed by atoms with Gasteiger partial charge in [-0.2, -0.15) is 0 Å². The van der Waals surface area contributed by atoms with Gasteiger partial charge in [-0.25, -0.2) is 0 Å². The summed E-state index contributed by atoms with van der Waals surface area (Å²) in [4.78, 5) is 0. The predicted octanol–water partition coefficient (Wildman–Crippen LogP) is 2.97. The van der Waals surface area contributed by atoms with E-state index in [1.54, 1.807) is 0 Å². The van der Waals surface area contributed by atoms with E-state index in [0.29, 0.717) is 0 Å². The first-order valence-corrected chi connectivity index (χ1v) is 5.44. The summed E-state index contributed by atoms with van der Waals surface area (Å²) in [6, 6.07) is 5.67. The quantitative estimate of drug-likeness (QED) is 0.930. The SMILES string of the molecule is CC(CO)Oc1cc(Br)ccc1Br. The molecule has 0 amide bonds. The van der Waals surface area contributed by atoms with Crippen LogP contribution in [-0.2, 0) is 0 Å². The maximum absolute atomic E-state index is 8.80. The molecule has 0 saturated heterocycles. The van der Waals surface area contributed by atoms with Crippen molar-refractivity contribution in [2.24, 2.45) is 0 Å². The molecule has 13 heavy (non-hydrogen) atoms. The van der Waals surface area contributed by atoms with Gasteiger partial charge in [0.2, 0.25) is 0 Å². The van der Waals surface area contributed by atoms with Gasteiger partial charge in [0.1, 0.15) is 11.9 Å². The molecular formula is C9H10Br2O2. The lowest BCUT2D eigenvalue weighted by Crippen LogP contribution is -2.16. The normalized spacial score (nSPS) is 12.6. The number of aliphatic hydroxyl groups excluding tert-OH is 1. The molecule has 0 saturated carbocycles. The topological polar surface area (TPSA) is 29.5 Å². The van der Waals surface area contributed by atoms with Crippen molar-refractivity contribution in [2.45, 2.75) is 13.0 Å². The molecule has 0 aromatic heterocycles. The summed E-state index contributed by atoms with van der Waals surface area (Å²) in [5.74, 6) is 0.732. The van der Waals surface area contributed by atoms with Crippen molar-refractivity contribution in [3.63, 3.8) is 0 Å². The summed E-state index contributed by atoms with van der Waals surface area (Å²) in [6.07, 6.45) is -0.189. The lowest BCUT2D eigenvalue weighted by Gasteiger charge is -2.13. The molecule has 0 radical (unpaired) electrons. The van der Waals surface area contributed by atoms with Crippen molar-refractivity contribution in [1.82, 2.24) is 0 Å². The van der Waals surface area contributed by atoms with Crippen molar-refractivity contribution in [2.75, 3.05) is 6.61 Å². The fourth-order valence-electron chi connectivity index (χ4n) is 0.822. The summed E-state index contributed by atoms with van der Waals surface area (Å²) in [7, 11) is 0. The van der Waals surface area contributed by atoms with Crippen LogP contribution >= 0.6 is 31.9 Å². The standard InChI is InChI=1S/C9H10Br2O2/c1-6(5-12)13-9-4-7(10)2-3-8(9)11/h2-4,6,12H,5H2,1H3. The number of hydrogen-bond acceptors (Lipinski definition) is 2. The highest BCUT2D eigenvalue weighted by atomic mass is 79.9. The van der Waals surface area contributed by atoms with E-state index >= 15 is 0 Å². The molecule has 0 aliphatic heterocycles. The van der Waals surface area contributed by atoms with E-state index in [4.69, 9.17) is 9.84 Å². The highest BCUT2D eigenvalue weighted by molar-refractivity contribution is 9.11. The van der Waals surface area contributed by atoms with Crippen LogP contribution in [-0.4, -0.2) is 17.8 Å². The Balaban J connectivity index is 2.81. The summed E-state index contributed by atoms with van der Waals surface area (Å²) < 4.78 is 7.29. The Morgan fingerprint density at radius 3 is 2.77 bits per heavy atom. The lowest BCUT2D eigenvalue weighted by molar-refractivity contribution is 0.129. The van der Waals surface area contributed by atoms with Gasteiger partial charge in [0.25, 0.3) is 0 Å². The summed E-state index contributed by atoms with van der Waals surface area (Å²) in [6.45, 7) is 1.83. The van der Waals surface area contributed by atoms with Gasteiger partial charge in [-0.05, 0) is 41.1 Å². The van der Waals surface area contributed by atoms with Crippen molar-refractivity contribution < 1.29 is 9.84 Å². The van der Waals surface area contributed by atoms with Crippen molar-refractivity contribution in [3.8, 4) is 5.75 Å². The van der Waals surface area contributed by atoms with Gasteiger partial charge in [0.15, 0.2) is 0 Å². The molecule has 0 aliphatic rings. The number of benzene rings is 1. The fraction of sp³-hybridized carbons (Fsp3) is 0.333. The van der Waals surface area contributed by atoms with Crippen LogP contribution in [0.15, 0.2) is 27.1 Å². The van der Waals surface area contributed by atoms with Gasteiger partial charge in [-0.3, -0.25) is 0 Å². The van der Waals surface area contributed by atoms with Crippen LogP contribution in [0.4, 0.5) is 0 Å². The Hall–Kier alpha value is -0.0600. The summed E-state index contributed by atoms with van der Waals surface area (Å²) >= 11 is 6.71. The molecule has 1 aromatic rings. The van der Waals surface area contributed by atoms with Crippen LogP contribution in [0.2, 0.25) is 0 Å². The van der Waals surface area contributed by atoms with Crippen molar-refractivity contribution in [1.29, 1.82) is 0 Å². The van der Waals surface area contributed by atoms with Crippen LogP contribution in [0, 0.1) is 0 Å². The van der Waals surface area contributed by atoms with E-state index in [9.17, 15) is 0 Å². The molecule has 4 heteroatoms. The largest absolute Gasteiger partial charge is 0.487 e. The molecular weight excluding hydrogens is 300 g/mol. The molecule has 1 aromatic carbocycles. The van der Waals surface area contributed by atoms with Crippen LogP contribution in [0.25, 0.3) is 0 Å². The zero-order valence-corrected chi connectivity index (χ0v) is 10.3. The monoisotopic (exact) mass is 308 g/mol. The number of halogens is 2. The van der Waals surface area contributed by atoms with Crippen LogP contribution in [0.5, 0.6) is 5.75 Å². The molecule has 1 atom stereocenters. The number of ether oxygens (including phenoxy) is 1. The van der Waals surface area contributed by atoms with Gasteiger partial charge in [0.05, 0.1) is 11.1 Å². The van der Waals surface area contributed by atoms with Crippen molar-refractivity contribution in [3.05, 3.63) is 27.1 Å². The molecule has 1 rings (SSSR count). The Morgan fingerprint density at radius 1 is 1.46 bits per heavy atom. The minimum Gasteiger partial charge on any atom is -0.487 e.